The SMILES string of the molecule is CCOC(=O)c1csc(Cc2nc3ccccc3s2)n1. The number of thiazole rings is 2. The van der Waals surface area contributed by atoms with E-state index in [9.17, 15) is 4.79 Å². The Morgan fingerprint density at radius 2 is 2.10 bits per heavy atom. The van der Waals surface area contributed by atoms with Gasteiger partial charge in [0.05, 0.1) is 23.2 Å². The minimum Gasteiger partial charge on any atom is -0.461 e. The van der Waals surface area contributed by atoms with Crippen molar-refractivity contribution in [1.29, 1.82) is 0 Å². The number of ether oxygens (including phenoxy) is 1. The lowest BCUT2D eigenvalue weighted by atomic mass is 10.3. The van der Waals surface area contributed by atoms with Gasteiger partial charge in [-0.3, -0.25) is 0 Å². The summed E-state index contributed by atoms with van der Waals surface area (Å²) < 4.78 is 6.10. The number of para-hydroxylation sites is 1. The number of hydrogen-bond acceptors (Lipinski definition) is 6. The molecule has 20 heavy (non-hydrogen) atoms. The Morgan fingerprint density at radius 3 is 2.90 bits per heavy atom. The number of carbonyl (C=O) groups is 1. The normalized spacial score (nSPS) is 10.8. The van der Waals surface area contributed by atoms with Crippen molar-refractivity contribution in [1.82, 2.24) is 9.97 Å². The summed E-state index contributed by atoms with van der Waals surface area (Å²) in [5, 5.41) is 3.63. The highest BCUT2D eigenvalue weighted by atomic mass is 32.1. The first-order valence-electron chi connectivity index (χ1n) is 6.22. The van der Waals surface area contributed by atoms with E-state index in [2.05, 4.69) is 16.0 Å². The van der Waals surface area contributed by atoms with Crippen molar-refractivity contribution in [2.75, 3.05) is 6.61 Å². The van der Waals surface area contributed by atoms with Crippen LogP contribution in [0, 0.1) is 0 Å². The minimum absolute atomic E-state index is 0.362. The van der Waals surface area contributed by atoms with Gasteiger partial charge in [-0.2, -0.15) is 0 Å². The van der Waals surface area contributed by atoms with E-state index >= 15 is 0 Å². The molecule has 2 aromatic heterocycles. The zero-order chi connectivity index (χ0) is 13.9. The number of aromatic nitrogens is 2. The van der Waals surface area contributed by atoms with Crippen LogP contribution in [0.15, 0.2) is 29.6 Å². The monoisotopic (exact) mass is 304 g/mol. The molecule has 0 fully saturated rings. The van der Waals surface area contributed by atoms with E-state index in [1.165, 1.54) is 16.0 Å². The first-order chi connectivity index (χ1) is 9.76. The summed E-state index contributed by atoms with van der Waals surface area (Å²) in [6, 6.07) is 8.05. The molecule has 0 aliphatic heterocycles. The van der Waals surface area contributed by atoms with Gasteiger partial charge in [0.25, 0.3) is 0 Å². The molecule has 3 aromatic rings. The van der Waals surface area contributed by atoms with Crippen LogP contribution in [-0.4, -0.2) is 22.5 Å². The molecule has 0 aliphatic rings. The molecular weight excluding hydrogens is 292 g/mol. The maximum Gasteiger partial charge on any atom is 0.357 e. The number of rotatable bonds is 4. The number of nitrogens with zero attached hydrogens (tertiary/aromatic N) is 2. The van der Waals surface area contributed by atoms with Crippen LogP contribution in [0.25, 0.3) is 10.2 Å². The van der Waals surface area contributed by atoms with Crippen molar-refractivity contribution in [3.63, 3.8) is 0 Å². The summed E-state index contributed by atoms with van der Waals surface area (Å²) in [5.74, 6) is -0.362. The molecule has 3 rings (SSSR count). The summed E-state index contributed by atoms with van der Waals surface area (Å²) in [7, 11) is 0. The van der Waals surface area contributed by atoms with E-state index < -0.39 is 0 Å². The Morgan fingerprint density at radius 1 is 1.25 bits per heavy atom. The molecule has 0 aliphatic carbocycles. The van der Waals surface area contributed by atoms with Crippen molar-refractivity contribution in [2.45, 2.75) is 13.3 Å². The second-order valence-corrected chi connectivity index (χ2v) is 6.16. The van der Waals surface area contributed by atoms with Gasteiger partial charge in [-0.15, -0.1) is 22.7 Å². The quantitative estimate of drug-likeness (QED) is 0.692. The third kappa shape index (κ3) is 2.71. The maximum atomic E-state index is 11.6. The van der Waals surface area contributed by atoms with Crippen molar-refractivity contribution in [3.05, 3.63) is 45.4 Å². The lowest BCUT2D eigenvalue weighted by Crippen LogP contribution is -2.05. The molecule has 2 heterocycles. The van der Waals surface area contributed by atoms with Crippen molar-refractivity contribution in [2.24, 2.45) is 0 Å². The highest BCUT2D eigenvalue weighted by molar-refractivity contribution is 7.18. The van der Waals surface area contributed by atoms with Crippen molar-refractivity contribution < 1.29 is 9.53 Å². The van der Waals surface area contributed by atoms with Gasteiger partial charge in [0.1, 0.15) is 10.0 Å². The molecule has 0 saturated carbocycles. The predicted molar refractivity (Wildman–Crippen MR) is 80.5 cm³/mol. The highest BCUT2D eigenvalue weighted by Gasteiger charge is 2.13. The minimum atomic E-state index is -0.362. The average molecular weight is 304 g/mol. The second-order valence-electron chi connectivity index (χ2n) is 4.10. The highest BCUT2D eigenvalue weighted by Crippen LogP contribution is 2.24. The molecule has 0 amide bonds. The zero-order valence-corrected chi connectivity index (χ0v) is 12.5. The van der Waals surface area contributed by atoms with Crippen LogP contribution in [0.3, 0.4) is 0 Å². The molecule has 0 atom stereocenters. The van der Waals surface area contributed by atoms with Gasteiger partial charge in [-0.1, -0.05) is 12.1 Å². The van der Waals surface area contributed by atoms with E-state index in [-0.39, 0.29) is 5.97 Å². The lowest BCUT2D eigenvalue weighted by Gasteiger charge is -1.96. The Balaban J connectivity index is 1.79. The molecule has 4 nitrogen and oxygen atoms in total. The van der Waals surface area contributed by atoms with E-state index in [0.717, 1.165) is 15.5 Å². The van der Waals surface area contributed by atoms with Crippen LogP contribution in [0.2, 0.25) is 0 Å². The summed E-state index contributed by atoms with van der Waals surface area (Å²) in [4.78, 5) is 20.4. The number of esters is 1. The van der Waals surface area contributed by atoms with Crippen molar-refractivity contribution >= 4 is 38.9 Å². The third-order valence-corrected chi connectivity index (χ3v) is 4.56. The van der Waals surface area contributed by atoms with Crippen molar-refractivity contribution in [3.8, 4) is 0 Å². The molecule has 0 radical (unpaired) electrons. The van der Waals surface area contributed by atoms with Crippen LogP contribution in [-0.2, 0) is 11.2 Å². The Bertz CT molecular complexity index is 715. The van der Waals surface area contributed by atoms with Gasteiger partial charge in [0.15, 0.2) is 5.69 Å². The fourth-order valence-electron chi connectivity index (χ4n) is 1.82. The van der Waals surface area contributed by atoms with E-state index in [0.29, 0.717) is 18.7 Å². The maximum absolute atomic E-state index is 11.6. The Kier molecular flexibility index (Phi) is 3.75. The first kappa shape index (κ1) is 13.2. The molecule has 0 spiro atoms. The molecule has 0 unspecified atom stereocenters. The van der Waals surface area contributed by atoms with Crippen LogP contribution >= 0.6 is 22.7 Å². The summed E-state index contributed by atoms with van der Waals surface area (Å²) in [6.07, 6.45) is 0.656. The molecule has 0 bridgehead atoms. The third-order valence-electron chi connectivity index (χ3n) is 2.68. The molecule has 0 saturated heterocycles. The first-order valence-corrected chi connectivity index (χ1v) is 7.92. The van der Waals surface area contributed by atoms with Gasteiger partial charge in [0.2, 0.25) is 0 Å². The van der Waals surface area contributed by atoms with Crippen LogP contribution in [0.5, 0.6) is 0 Å². The summed E-state index contributed by atoms with van der Waals surface area (Å²) >= 11 is 3.12. The molecular formula is C14H12N2O2S2. The number of hydrogen-bond donors (Lipinski definition) is 0. The van der Waals surface area contributed by atoms with Gasteiger partial charge < -0.3 is 4.74 Å². The van der Waals surface area contributed by atoms with E-state index in [1.807, 2.05) is 18.2 Å². The van der Waals surface area contributed by atoms with Crippen LogP contribution < -0.4 is 0 Å². The van der Waals surface area contributed by atoms with Gasteiger partial charge in [-0.25, -0.2) is 14.8 Å². The van der Waals surface area contributed by atoms with Gasteiger partial charge in [0, 0.05) is 5.38 Å². The average Bonchev–Trinajstić information content (AvgIpc) is 3.05. The molecule has 1 aromatic carbocycles. The lowest BCUT2D eigenvalue weighted by molar-refractivity contribution is 0.0520. The fraction of sp³-hybridized carbons (Fsp3) is 0.214. The van der Waals surface area contributed by atoms with E-state index in [1.54, 1.807) is 23.6 Å². The van der Waals surface area contributed by atoms with Gasteiger partial charge in [-0.05, 0) is 19.1 Å². The molecule has 0 N–H and O–H groups in total. The molecule has 102 valence electrons. The van der Waals surface area contributed by atoms with Gasteiger partial charge >= 0.3 is 5.97 Å². The largest absolute Gasteiger partial charge is 0.461 e. The summed E-state index contributed by atoms with van der Waals surface area (Å²) in [5.41, 5.74) is 1.39. The second kappa shape index (κ2) is 5.68. The van der Waals surface area contributed by atoms with Crippen LogP contribution in [0.1, 0.15) is 27.4 Å². The number of benzene rings is 1. The topological polar surface area (TPSA) is 52.1 Å². The smallest absolute Gasteiger partial charge is 0.357 e. The number of carbonyl (C=O) groups excluding carboxylic acids is 1. The standard InChI is InChI=1S/C14H12N2O2S2/c1-2-18-14(17)10-8-19-12(16-10)7-13-15-9-5-3-4-6-11(9)20-13/h3-6,8H,2,7H2,1H3. The Labute approximate surface area is 124 Å². The molecule has 6 heteroatoms. The summed E-state index contributed by atoms with van der Waals surface area (Å²) in [6.45, 7) is 2.15. The Hall–Kier alpha value is -1.79. The van der Waals surface area contributed by atoms with Crippen LogP contribution in [0.4, 0.5) is 0 Å². The number of fused-ring (bicyclic) bond motifs is 1. The van der Waals surface area contributed by atoms with E-state index in [4.69, 9.17) is 4.74 Å². The zero-order valence-electron chi connectivity index (χ0n) is 10.8. The predicted octanol–water partition coefficient (Wildman–Crippen LogP) is 3.52. The fourth-order valence-corrected chi connectivity index (χ4v) is 3.65.